The largest absolute Gasteiger partial charge is 0.301 e. The van der Waals surface area contributed by atoms with Gasteiger partial charge in [0.05, 0.1) is 5.75 Å². The molecule has 1 N–H and O–H groups in total. The standard InChI is InChI=1S/C15H16N2O2S/c1-9-6-10(2)14(11(3)7-9)12(18)8-20-15-16-5-4-13(19)17-15/h4-7H,8H2,1-3H3,(H,16,17,19). The first-order chi connectivity index (χ1) is 9.47. The van der Waals surface area contributed by atoms with Crippen molar-refractivity contribution in [1.29, 1.82) is 0 Å². The van der Waals surface area contributed by atoms with Crippen LogP contribution in [0, 0.1) is 20.8 Å². The Balaban J connectivity index is 2.15. The summed E-state index contributed by atoms with van der Waals surface area (Å²) in [5.74, 6) is 0.314. The number of aromatic amines is 1. The molecule has 0 aliphatic carbocycles. The number of rotatable bonds is 4. The summed E-state index contributed by atoms with van der Waals surface area (Å²) < 4.78 is 0. The fourth-order valence-electron chi connectivity index (χ4n) is 2.25. The predicted octanol–water partition coefficient (Wildman–Crippen LogP) is 2.67. The Bertz CT molecular complexity index is 684. The molecule has 0 atom stereocenters. The number of nitrogens with one attached hydrogen (secondary N) is 1. The molecule has 1 aromatic carbocycles. The van der Waals surface area contributed by atoms with Crippen LogP contribution in [0.5, 0.6) is 0 Å². The van der Waals surface area contributed by atoms with Crippen molar-refractivity contribution in [2.75, 3.05) is 5.75 Å². The maximum absolute atomic E-state index is 12.3. The Morgan fingerprint density at radius 1 is 1.25 bits per heavy atom. The highest BCUT2D eigenvalue weighted by Gasteiger charge is 2.13. The summed E-state index contributed by atoms with van der Waals surface area (Å²) in [5, 5.41) is 0.466. The predicted molar refractivity (Wildman–Crippen MR) is 80.6 cm³/mol. The number of hydrogen-bond acceptors (Lipinski definition) is 4. The molecule has 104 valence electrons. The highest BCUT2D eigenvalue weighted by Crippen LogP contribution is 2.20. The first kappa shape index (κ1) is 14.5. The van der Waals surface area contributed by atoms with E-state index in [0.717, 1.165) is 22.3 Å². The van der Waals surface area contributed by atoms with Gasteiger partial charge in [0.1, 0.15) is 0 Å². The maximum atomic E-state index is 12.3. The van der Waals surface area contributed by atoms with Crippen LogP contribution in [-0.2, 0) is 0 Å². The number of thioether (sulfide) groups is 1. The summed E-state index contributed by atoms with van der Waals surface area (Å²) in [7, 11) is 0. The quantitative estimate of drug-likeness (QED) is 0.534. The molecule has 0 amide bonds. The molecule has 0 fully saturated rings. The molecule has 5 heteroatoms. The van der Waals surface area contributed by atoms with Gasteiger partial charge in [-0.15, -0.1) is 0 Å². The first-order valence-electron chi connectivity index (χ1n) is 6.26. The van der Waals surface area contributed by atoms with Crippen LogP contribution in [0.1, 0.15) is 27.0 Å². The Kier molecular flexibility index (Phi) is 4.39. The molecule has 20 heavy (non-hydrogen) atoms. The van der Waals surface area contributed by atoms with Gasteiger partial charge in [-0.25, -0.2) is 4.98 Å². The lowest BCUT2D eigenvalue weighted by Crippen LogP contribution is -2.10. The third-order valence-electron chi connectivity index (χ3n) is 2.94. The van der Waals surface area contributed by atoms with E-state index in [4.69, 9.17) is 0 Å². The minimum absolute atomic E-state index is 0.0523. The molecule has 0 unspecified atom stereocenters. The summed E-state index contributed by atoms with van der Waals surface area (Å²) in [6.07, 6.45) is 1.44. The fraction of sp³-hybridized carbons (Fsp3) is 0.267. The number of aromatic nitrogens is 2. The minimum Gasteiger partial charge on any atom is -0.301 e. The monoisotopic (exact) mass is 288 g/mol. The lowest BCUT2D eigenvalue weighted by molar-refractivity contribution is 0.102. The second-order valence-electron chi connectivity index (χ2n) is 4.72. The lowest BCUT2D eigenvalue weighted by atomic mass is 9.97. The van der Waals surface area contributed by atoms with Crippen LogP contribution >= 0.6 is 11.8 Å². The molecule has 4 nitrogen and oxygen atoms in total. The molecule has 0 saturated heterocycles. The van der Waals surface area contributed by atoms with E-state index in [0.29, 0.717) is 5.16 Å². The third kappa shape index (κ3) is 3.36. The number of carbonyl (C=O) groups excluding carboxylic acids is 1. The second-order valence-corrected chi connectivity index (χ2v) is 5.69. The van der Waals surface area contributed by atoms with Crippen molar-refractivity contribution in [3.05, 3.63) is 57.0 Å². The van der Waals surface area contributed by atoms with E-state index in [-0.39, 0.29) is 17.1 Å². The van der Waals surface area contributed by atoms with Crippen molar-refractivity contribution >= 4 is 17.5 Å². The molecule has 0 radical (unpaired) electrons. The van der Waals surface area contributed by atoms with E-state index in [1.54, 1.807) is 0 Å². The molecule has 1 aromatic heterocycles. The van der Waals surface area contributed by atoms with E-state index >= 15 is 0 Å². The number of hydrogen-bond donors (Lipinski definition) is 1. The molecule has 0 aliphatic rings. The fourth-order valence-corrected chi connectivity index (χ4v) is 2.97. The van der Waals surface area contributed by atoms with Crippen LogP contribution in [0.3, 0.4) is 0 Å². The van der Waals surface area contributed by atoms with Crippen LogP contribution in [-0.4, -0.2) is 21.5 Å². The summed E-state index contributed by atoms with van der Waals surface area (Å²) in [6.45, 7) is 5.91. The summed E-state index contributed by atoms with van der Waals surface area (Å²) >= 11 is 1.24. The molecule has 0 spiro atoms. The maximum Gasteiger partial charge on any atom is 0.251 e. The van der Waals surface area contributed by atoms with Gasteiger partial charge in [0.25, 0.3) is 5.56 Å². The van der Waals surface area contributed by atoms with Gasteiger partial charge in [-0.05, 0) is 31.9 Å². The first-order valence-corrected chi connectivity index (χ1v) is 7.25. The molecule has 1 heterocycles. The van der Waals surface area contributed by atoms with Crippen LogP contribution in [0.25, 0.3) is 0 Å². The average Bonchev–Trinajstić information content (AvgIpc) is 2.35. The SMILES string of the molecule is Cc1cc(C)c(C(=O)CSc2nccc(=O)[nH]2)c(C)c1. The Labute approximate surface area is 121 Å². The second kappa shape index (κ2) is 6.05. The Morgan fingerprint density at radius 3 is 2.50 bits per heavy atom. The van der Waals surface area contributed by atoms with Gasteiger partial charge in [0.2, 0.25) is 0 Å². The summed E-state index contributed by atoms with van der Waals surface area (Å²) in [6, 6.07) is 5.36. The average molecular weight is 288 g/mol. The van der Waals surface area contributed by atoms with Crippen molar-refractivity contribution in [3.63, 3.8) is 0 Å². The minimum atomic E-state index is -0.211. The highest BCUT2D eigenvalue weighted by atomic mass is 32.2. The van der Waals surface area contributed by atoms with Gasteiger partial charge in [-0.2, -0.15) is 0 Å². The van der Waals surface area contributed by atoms with Crippen molar-refractivity contribution in [3.8, 4) is 0 Å². The van der Waals surface area contributed by atoms with E-state index < -0.39 is 0 Å². The number of Topliss-reactive ketones (excluding diaryl/α,β-unsaturated/α-hetero) is 1. The van der Waals surface area contributed by atoms with Crippen molar-refractivity contribution in [1.82, 2.24) is 9.97 Å². The lowest BCUT2D eigenvalue weighted by Gasteiger charge is -2.09. The number of carbonyl (C=O) groups is 1. The van der Waals surface area contributed by atoms with Crippen molar-refractivity contribution < 1.29 is 4.79 Å². The smallest absolute Gasteiger partial charge is 0.251 e. The van der Waals surface area contributed by atoms with Crippen molar-refractivity contribution in [2.24, 2.45) is 0 Å². The molecule has 2 rings (SSSR count). The number of aryl methyl sites for hydroxylation is 3. The topological polar surface area (TPSA) is 62.8 Å². The zero-order chi connectivity index (χ0) is 14.7. The van der Waals surface area contributed by atoms with E-state index in [2.05, 4.69) is 9.97 Å². The molecule has 0 aliphatic heterocycles. The molecular weight excluding hydrogens is 272 g/mol. The summed E-state index contributed by atoms with van der Waals surface area (Å²) in [5.41, 5.74) is 3.68. The van der Waals surface area contributed by atoms with Gasteiger partial charge >= 0.3 is 0 Å². The van der Waals surface area contributed by atoms with Gasteiger partial charge in [-0.3, -0.25) is 9.59 Å². The Morgan fingerprint density at radius 2 is 1.90 bits per heavy atom. The van der Waals surface area contributed by atoms with Crippen LogP contribution in [0.15, 0.2) is 34.3 Å². The molecule has 0 saturated carbocycles. The normalized spacial score (nSPS) is 10.6. The Hall–Kier alpha value is -1.88. The zero-order valence-electron chi connectivity index (χ0n) is 11.7. The van der Waals surface area contributed by atoms with Crippen LogP contribution in [0.4, 0.5) is 0 Å². The van der Waals surface area contributed by atoms with Gasteiger partial charge in [-0.1, -0.05) is 29.5 Å². The van der Waals surface area contributed by atoms with Crippen LogP contribution in [0.2, 0.25) is 0 Å². The number of ketones is 1. The van der Waals surface area contributed by atoms with Gasteiger partial charge in [0, 0.05) is 17.8 Å². The van der Waals surface area contributed by atoms with Crippen LogP contribution < -0.4 is 5.56 Å². The number of H-pyrrole nitrogens is 1. The van der Waals surface area contributed by atoms with E-state index in [1.165, 1.54) is 24.0 Å². The van der Waals surface area contributed by atoms with Gasteiger partial charge < -0.3 is 4.98 Å². The number of benzene rings is 1. The van der Waals surface area contributed by atoms with Crippen molar-refractivity contribution in [2.45, 2.75) is 25.9 Å². The molecule has 2 aromatic rings. The molecule has 0 bridgehead atoms. The summed E-state index contributed by atoms with van der Waals surface area (Å²) in [4.78, 5) is 30.1. The van der Waals surface area contributed by atoms with E-state index in [1.807, 2.05) is 32.9 Å². The third-order valence-corrected chi connectivity index (χ3v) is 3.83. The van der Waals surface area contributed by atoms with Gasteiger partial charge in [0.15, 0.2) is 10.9 Å². The number of nitrogens with zero attached hydrogens (tertiary/aromatic N) is 1. The zero-order valence-corrected chi connectivity index (χ0v) is 12.5. The highest BCUT2D eigenvalue weighted by molar-refractivity contribution is 7.99. The van der Waals surface area contributed by atoms with E-state index in [9.17, 15) is 9.59 Å². The molecular formula is C15H16N2O2S.